The minimum Gasteiger partial charge on any atom is -0.337 e. The first kappa shape index (κ1) is 20.6. The number of sulfone groups is 1. The van der Waals surface area contributed by atoms with E-state index in [1.54, 1.807) is 17.4 Å². The SMILES string of the molecule is O=C(/C=C/c1ccc(-c2ccccc2Cl)s1)N1CCN(C2CCS(=O)(=O)C2)CC1. The lowest BCUT2D eigenvalue weighted by atomic mass is 10.2. The molecule has 1 aromatic heterocycles. The molecule has 5 nitrogen and oxygen atoms in total. The Morgan fingerprint density at radius 2 is 1.86 bits per heavy atom. The molecule has 0 saturated carbocycles. The Kier molecular flexibility index (Phi) is 6.11. The van der Waals surface area contributed by atoms with Gasteiger partial charge in [0.05, 0.1) is 11.5 Å². The van der Waals surface area contributed by atoms with Crippen molar-refractivity contribution in [2.24, 2.45) is 0 Å². The Labute approximate surface area is 180 Å². The molecular formula is C21H23ClN2O3S2. The molecule has 2 aromatic rings. The van der Waals surface area contributed by atoms with Gasteiger partial charge in [-0.1, -0.05) is 29.8 Å². The lowest BCUT2D eigenvalue weighted by Crippen LogP contribution is -2.52. The molecule has 0 radical (unpaired) electrons. The zero-order valence-electron chi connectivity index (χ0n) is 16.0. The maximum atomic E-state index is 12.5. The van der Waals surface area contributed by atoms with Gasteiger partial charge in [0.2, 0.25) is 5.91 Å². The number of thiophene rings is 1. The van der Waals surface area contributed by atoms with Crippen LogP contribution in [0.15, 0.2) is 42.5 Å². The lowest BCUT2D eigenvalue weighted by molar-refractivity contribution is -0.127. The van der Waals surface area contributed by atoms with Crippen LogP contribution < -0.4 is 0 Å². The first-order valence-electron chi connectivity index (χ1n) is 9.67. The minimum atomic E-state index is -2.88. The molecule has 0 N–H and O–H groups in total. The summed E-state index contributed by atoms with van der Waals surface area (Å²) >= 11 is 7.86. The van der Waals surface area contributed by atoms with Gasteiger partial charge in [0.25, 0.3) is 0 Å². The molecule has 0 spiro atoms. The van der Waals surface area contributed by atoms with Gasteiger partial charge in [0.15, 0.2) is 9.84 Å². The van der Waals surface area contributed by atoms with Crippen LogP contribution in [0.5, 0.6) is 0 Å². The average molecular weight is 451 g/mol. The van der Waals surface area contributed by atoms with Gasteiger partial charge in [-0.15, -0.1) is 11.3 Å². The van der Waals surface area contributed by atoms with Crippen molar-refractivity contribution in [2.75, 3.05) is 37.7 Å². The fourth-order valence-electron chi connectivity index (χ4n) is 3.88. The van der Waals surface area contributed by atoms with Crippen molar-refractivity contribution in [1.29, 1.82) is 0 Å². The van der Waals surface area contributed by atoms with Crippen LogP contribution in [0.2, 0.25) is 5.02 Å². The second-order valence-electron chi connectivity index (χ2n) is 7.43. The van der Waals surface area contributed by atoms with E-state index in [2.05, 4.69) is 4.90 Å². The summed E-state index contributed by atoms with van der Waals surface area (Å²) in [4.78, 5) is 18.7. The monoisotopic (exact) mass is 450 g/mol. The maximum absolute atomic E-state index is 12.5. The predicted octanol–water partition coefficient (Wildman–Crippen LogP) is 3.41. The van der Waals surface area contributed by atoms with Crippen molar-refractivity contribution in [3.05, 3.63) is 52.4 Å². The average Bonchev–Trinajstić information content (AvgIpc) is 3.33. The number of benzene rings is 1. The summed E-state index contributed by atoms with van der Waals surface area (Å²) in [5.74, 6) is 0.542. The standard InChI is InChI=1S/C21H23ClN2O3S2/c22-19-4-2-1-3-18(19)20-7-5-17(28-20)6-8-21(25)24-12-10-23(11-13-24)16-9-14-29(26,27)15-16/h1-8,16H,9-15H2/b8-6+. The van der Waals surface area contributed by atoms with Crippen molar-refractivity contribution in [3.8, 4) is 10.4 Å². The van der Waals surface area contributed by atoms with E-state index in [1.807, 2.05) is 47.4 Å². The van der Waals surface area contributed by atoms with Crippen LogP contribution in [0.3, 0.4) is 0 Å². The van der Waals surface area contributed by atoms with Gasteiger partial charge < -0.3 is 4.90 Å². The summed E-state index contributed by atoms with van der Waals surface area (Å²) in [5.41, 5.74) is 0.996. The van der Waals surface area contributed by atoms with Crippen molar-refractivity contribution in [3.63, 3.8) is 0 Å². The van der Waals surface area contributed by atoms with Gasteiger partial charge in [0.1, 0.15) is 0 Å². The smallest absolute Gasteiger partial charge is 0.246 e. The molecule has 2 aliphatic heterocycles. The van der Waals surface area contributed by atoms with Gasteiger partial charge in [-0.25, -0.2) is 8.42 Å². The van der Waals surface area contributed by atoms with Gasteiger partial charge >= 0.3 is 0 Å². The molecule has 154 valence electrons. The molecule has 1 atom stereocenters. The van der Waals surface area contributed by atoms with Gasteiger partial charge in [-0.05, 0) is 30.7 Å². The molecule has 2 aliphatic rings. The third kappa shape index (κ3) is 4.91. The number of carbonyl (C=O) groups excluding carboxylic acids is 1. The number of amides is 1. The zero-order valence-corrected chi connectivity index (χ0v) is 18.3. The number of hydrogen-bond donors (Lipinski definition) is 0. The summed E-state index contributed by atoms with van der Waals surface area (Å²) in [6.07, 6.45) is 4.18. The fraction of sp³-hybridized carbons (Fsp3) is 0.381. The number of rotatable bonds is 4. The van der Waals surface area contributed by atoms with Crippen molar-refractivity contribution >= 4 is 44.8 Å². The third-order valence-corrected chi connectivity index (χ3v) is 8.67. The lowest BCUT2D eigenvalue weighted by Gasteiger charge is -2.37. The molecule has 8 heteroatoms. The van der Waals surface area contributed by atoms with E-state index in [1.165, 1.54) is 0 Å². The highest BCUT2D eigenvalue weighted by Crippen LogP contribution is 2.33. The van der Waals surface area contributed by atoms with Crippen LogP contribution in [-0.4, -0.2) is 67.9 Å². The maximum Gasteiger partial charge on any atom is 0.246 e. The van der Waals surface area contributed by atoms with E-state index in [4.69, 9.17) is 11.6 Å². The molecule has 1 aromatic carbocycles. The molecule has 29 heavy (non-hydrogen) atoms. The molecule has 1 amide bonds. The van der Waals surface area contributed by atoms with E-state index in [-0.39, 0.29) is 23.5 Å². The van der Waals surface area contributed by atoms with Crippen molar-refractivity contribution < 1.29 is 13.2 Å². The summed E-state index contributed by atoms with van der Waals surface area (Å²) in [6.45, 7) is 2.73. The van der Waals surface area contributed by atoms with Crippen LogP contribution in [0.1, 0.15) is 11.3 Å². The Morgan fingerprint density at radius 1 is 1.10 bits per heavy atom. The number of halogens is 1. The van der Waals surface area contributed by atoms with E-state index in [0.717, 1.165) is 28.4 Å². The van der Waals surface area contributed by atoms with E-state index in [9.17, 15) is 13.2 Å². The highest BCUT2D eigenvalue weighted by atomic mass is 35.5. The van der Waals surface area contributed by atoms with Crippen LogP contribution in [0.25, 0.3) is 16.5 Å². The van der Waals surface area contributed by atoms with Gasteiger partial charge in [-0.3, -0.25) is 9.69 Å². The van der Waals surface area contributed by atoms with Crippen LogP contribution in [0.4, 0.5) is 0 Å². The molecular weight excluding hydrogens is 428 g/mol. The Morgan fingerprint density at radius 3 is 2.55 bits per heavy atom. The van der Waals surface area contributed by atoms with Gasteiger partial charge in [0, 0.05) is 58.6 Å². The first-order chi connectivity index (χ1) is 13.9. The normalized spacial score (nSPS) is 22.4. The highest BCUT2D eigenvalue weighted by Gasteiger charge is 2.34. The third-order valence-electron chi connectivity index (χ3n) is 5.51. The molecule has 3 heterocycles. The summed E-state index contributed by atoms with van der Waals surface area (Å²) in [7, 11) is -2.88. The number of hydrogen-bond acceptors (Lipinski definition) is 5. The Bertz CT molecular complexity index is 1020. The van der Waals surface area contributed by atoms with E-state index >= 15 is 0 Å². The zero-order chi connectivity index (χ0) is 20.4. The Balaban J connectivity index is 1.32. The van der Waals surface area contributed by atoms with E-state index < -0.39 is 9.84 Å². The number of nitrogens with zero attached hydrogens (tertiary/aromatic N) is 2. The predicted molar refractivity (Wildman–Crippen MR) is 119 cm³/mol. The van der Waals surface area contributed by atoms with Gasteiger partial charge in [-0.2, -0.15) is 0 Å². The molecule has 4 rings (SSSR count). The molecule has 0 aliphatic carbocycles. The molecule has 2 saturated heterocycles. The summed E-state index contributed by atoms with van der Waals surface area (Å²) in [5, 5.41) is 0.717. The highest BCUT2D eigenvalue weighted by molar-refractivity contribution is 7.91. The number of carbonyl (C=O) groups is 1. The topological polar surface area (TPSA) is 57.7 Å². The largest absolute Gasteiger partial charge is 0.337 e. The number of piperazine rings is 1. The quantitative estimate of drug-likeness (QED) is 0.670. The first-order valence-corrected chi connectivity index (χ1v) is 12.7. The van der Waals surface area contributed by atoms with Crippen LogP contribution >= 0.6 is 22.9 Å². The van der Waals surface area contributed by atoms with Crippen molar-refractivity contribution in [1.82, 2.24) is 9.80 Å². The van der Waals surface area contributed by atoms with E-state index in [0.29, 0.717) is 24.5 Å². The molecule has 1 unspecified atom stereocenters. The van der Waals surface area contributed by atoms with Crippen LogP contribution in [-0.2, 0) is 14.6 Å². The summed E-state index contributed by atoms with van der Waals surface area (Å²) < 4.78 is 23.4. The fourth-order valence-corrected chi connectivity index (χ4v) is 6.88. The molecule has 0 bridgehead atoms. The second-order valence-corrected chi connectivity index (χ2v) is 11.2. The summed E-state index contributed by atoms with van der Waals surface area (Å²) in [6, 6.07) is 11.8. The van der Waals surface area contributed by atoms with Crippen LogP contribution in [0, 0.1) is 0 Å². The minimum absolute atomic E-state index is 0.00335. The van der Waals surface area contributed by atoms with Crippen molar-refractivity contribution in [2.45, 2.75) is 12.5 Å². The molecule has 2 fully saturated rings. The second kappa shape index (κ2) is 8.60. The Hall–Kier alpha value is -1.67.